The van der Waals surface area contributed by atoms with Crippen LogP contribution in [0.25, 0.3) is 11.4 Å². The van der Waals surface area contributed by atoms with E-state index in [4.69, 9.17) is 9.26 Å². The minimum absolute atomic E-state index is 0.365. The Morgan fingerprint density at radius 3 is 3.00 bits per heavy atom. The van der Waals surface area contributed by atoms with Crippen LogP contribution in [-0.2, 0) is 6.54 Å². The summed E-state index contributed by atoms with van der Waals surface area (Å²) in [6.07, 6.45) is 5.22. The number of thiophene rings is 1. The molecule has 2 aromatic heterocycles. The lowest BCUT2D eigenvalue weighted by Crippen LogP contribution is -2.11. The summed E-state index contributed by atoms with van der Waals surface area (Å²) in [7, 11) is 0. The molecule has 0 saturated heterocycles. The van der Waals surface area contributed by atoms with Gasteiger partial charge in [-0.05, 0) is 49.3 Å². The van der Waals surface area contributed by atoms with Gasteiger partial charge in [-0.25, -0.2) is 0 Å². The van der Waals surface area contributed by atoms with Crippen molar-refractivity contribution >= 4 is 17.0 Å². The van der Waals surface area contributed by atoms with Gasteiger partial charge in [-0.3, -0.25) is 0 Å². The lowest BCUT2D eigenvalue weighted by atomic mass is 10.2. The van der Waals surface area contributed by atoms with Crippen molar-refractivity contribution < 1.29 is 9.26 Å². The molecule has 0 bridgehead atoms. The van der Waals surface area contributed by atoms with Crippen LogP contribution >= 0.6 is 11.3 Å². The maximum atomic E-state index is 6.03. The molecule has 4 rings (SSSR count). The molecular formula is C18H19N3O2S. The Labute approximate surface area is 144 Å². The lowest BCUT2D eigenvalue weighted by Gasteiger charge is -2.14. The van der Waals surface area contributed by atoms with Crippen molar-refractivity contribution in [3.63, 3.8) is 0 Å². The predicted octanol–water partition coefficient (Wildman–Crippen LogP) is 4.73. The number of anilines is 1. The predicted molar refractivity (Wildman–Crippen MR) is 94.3 cm³/mol. The highest BCUT2D eigenvalue weighted by atomic mass is 32.1. The quantitative estimate of drug-likeness (QED) is 0.702. The lowest BCUT2D eigenvalue weighted by molar-refractivity contribution is 0.210. The SMILES string of the molecule is c1cc(NCc2nc(-c3ccsc3)no2)cc(OC2CCCC2)c1. The standard InChI is InChI=1S/C18H19N3O2S/c1-2-6-15(5-1)22-16-7-3-4-14(10-16)19-11-17-20-18(21-23-17)13-8-9-24-12-13/h3-4,7-10,12,15,19H,1-2,5-6,11H2. The van der Waals surface area contributed by atoms with Crippen molar-refractivity contribution in [1.29, 1.82) is 0 Å². The maximum Gasteiger partial charge on any atom is 0.246 e. The minimum Gasteiger partial charge on any atom is -0.490 e. The topological polar surface area (TPSA) is 60.2 Å². The number of nitrogens with one attached hydrogen (secondary N) is 1. The fraction of sp³-hybridized carbons (Fsp3) is 0.333. The van der Waals surface area contributed by atoms with Gasteiger partial charge in [0.1, 0.15) is 5.75 Å². The molecular weight excluding hydrogens is 322 g/mol. The number of aromatic nitrogens is 2. The molecule has 24 heavy (non-hydrogen) atoms. The summed E-state index contributed by atoms with van der Waals surface area (Å²) >= 11 is 1.62. The molecule has 0 aliphatic heterocycles. The van der Waals surface area contributed by atoms with E-state index in [9.17, 15) is 0 Å². The molecule has 1 aliphatic carbocycles. The van der Waals surface area contributed by atoms with E-state index in [0.29, 0.717) is 24.4 Å². The van der Waals surface area contributed by atoms with E-state index >= 15 is 0 Å². The van der Waals surface area contributed by atoms with Gasteiger partial charge in [0, 0.05) is 22.7 Å². The van der Waals surface area contributed by atoms with Crippen molar-refractivity contribution in [2.75, 3.05) is 5.32 Å². The first-order chi connectivity index (χ1) is 11.9. The Morgan fingerprint density at radius 1 is 1.25 bits per heavy atom. The van der Waals surface area contributed by atoms with Crippen molar-refractivity contribution in [1.82, 2.24) is 10.1 Å². The average Bonchev–Trinajstić information content (AvgIpc) is 3.35. The highest BCUT2D eigenvalue weighted by molar-refractivity contribution is 7.08. The molecule has 0 unspecified atom stereocenters. The molecule has 1 saturated carbocycles. The van der Waals surface area contributed by atoms with Crippen molar-refractivity contribution in [3.8, 4) is 17.1 Å². The molecule has 0 spiro atoms. The first-order valence-corrected chi connectivity index (χ1v) is 9.17. The van der Waals surface area contributed by atoms with Crippen molar-refractivity contribution in [2.24, 2.45) is 0 Å². The average molecular weight is 341 g/mol. The summed E-state index contributed by atoms with van der Waals surface area (Å²) in [6.45, 7) is 0.490. The summed E-state index contributed by atoms with van der Waals surface area (Å²) in [4.78, 5) is 4.41. The van der Waals surface area contributed by atoms with E-state index in [2.05, 4.69) is 15.5 Å². The number of hydrogen-bond acceptors (Lipinski definition) is 6. The Morgan fingerprint density at radius 2 is 2.17 bits per heavy atom. The molecule has 5 nitrogen and oxygen atoms in total. The van der Waals surface area contributed by atoms with Gasteiger partial charge in [-0.15, -0.1) is 0 Å². The fourth-order valence-corrected chi connectivity index (χ4v) is 3.53. The van der Waals surface area contributed by atoms with Crippen LogP contribution in [0.2, 0.25) is 0 Å². The largest absolute Gasteiger partial charge is 0.490 e. The number of benzene rings is 1. The van der Waals surface area contributed by atoms with Gasteiger partial charge >= 0.3 is 0 Å². The second-order valence-corrected chi connectivity index (χ2v) is 6.71. The van der Waals surface area contributed by atoms with Gasteiger partial charge in [0.15, 0.2) is 0 Å². The maximum absolute atomic E-state index is 6.03. The molecule has 124 valence electrons. The van der Waals surface area contributed by atoms with E-state index in [1.165, 1.54) is 12.8 Å². The summed E-state index contributed by atoms with van der Waals surface area (Å²) < 4.78 is 11.3. The van der Waals surface area contributed by atoms with Crippen LogP contribution in [0.1, 0.15) is 31.6 Å². The molecule has 1 aromatic carbocycles. The van der Waals surface area contributed by atoms with Gasteiger partial charge in [-0.1, -0.05) is 11.2 Å². The van der Waals surface area contributed by atoms with E-state index < -0.39 is 0 Å². The Hall–Kier alpha value is -2.34. The van der Waals surface area contributed by atoms with Crippen LogP contribution in [0.4, 0.5) is 5.69 Å². The number of nitrogens with zero attached hydrogens (tertiary/aromatic N) is 2. The monoisotopic (exact) mass is 341 g/mol. The summed E-state index contributed by atoms with van der Waals surface area (Å²) in [5, 5.41) is 11.3. The fourth-order valence-electron chi connectivity index (χ4n) is 2.89. The second-order valence-electron chi connectivity index (χ2n) is 5.93. The molecule has 1 N–H and O–H groups in total. The number of ether oxygens (including phenoxy) is 1. The first-order valence-electron chi connectivity index (χ1n) is 8.22. The zero-order chi connectivity index (χ0) is 16.2. The molecule has 0 atom stereocenters. The van der Waals surface area contributed by atoms with Gasteiger partial charge in [0.25, 0.3) is 0 Å². The molecule has 0 radical (unpaired) electrons. The smallest absolute Gasteiger partial charge is 0.246 e. The third kappa shape index (κ3) is 3.59. The third-order valence-corrected chi connectivity index (χ3v) is 4.81. The highest BCUT2D eigenvalue weighted by Crippen LogP contribution is 2.26. The second kappa shape index (κ2) is 7.05. The van der Waals surface area contributed by atoms with Gasteiger partial charge < -0.3 is 14.6 Å². The Bertz CT molecular complexity index is 779. The molecule has 3 aromatic rings. The molecule has 1 aliphatic rings. The zero-order valence-electron chi connectivity index (χ0n) is 13.3. The van der Waals surface area contributed by atoms with E-state index in [-0.39, 0.29) is 0 Å². The van der Waals surface area contributed by atoms with E-state index in [1.807, 2.05) is 41.1 Å². The van der Waals surface area contributed by atoms with Crippen LogP contribution < -0.4 is 10.1 Å². The summed E-state index contributed by atoms with van der Waals surface area (Å²) in [5.74, 6) is 2.11. The van der Waals surface area contributed by atoms with Gasteiger partial charge in [0.2, 0.25) is 11.7 Å². The van der Waals surface area contributed by atoms with Crippen molar-refractivity contribution in [2.45, 2.75) is 38.3 Å². The molecule has 1 fully saturated rings. The van der Waals surface area contributed by atoms with Gasteiger partial charge in [-0.2, -0.15) is 16.3 Å². The Kier molecular flexibility index (Phi) is 4.46. The van der Waals surface area contributed by atoms with Crippen molar-refractivity contribution in [3.05, 3.63) is 47.0 Å². The van der Waals surface area contributed by atoms with E-state index in [1.54, 1.807) is 11.3 Å². The highest BCUT2D eigenvalue weighted by Gasteiger charge is 2.16. The van der Waals surface area contributed by atoms with Gasteiger partial charge in [0.05, 0.1) is 12.6 Å². The van der Waals surface area contributed by atoms with Crippen LogP contribution in [0.3, 0.4) is 0 Å². The van der Waals surface area contributed by atoms with Crippen LogP contribution in [-0.4, -0.2) is 16.2 Å². The van der Waals surface area contributed by atoms with E-state index in [0.717, 1.165) is 29.8 Å². The van der Waals surface area contributed by atoms with Crippen LogP contribution in [0, 0.1) is 0 Å². The number of rotatable bonds is 6. The molecule has 0 amide bonds. The van der Waals surface area contributed by atoms with Crippen LogP contribution in [0.5, 0.6) is 5.75 Å². The summed E-state index contributed by atoms with van der Waals surface area (Å²) in [5.41, 5.74) is 1.97. The summed E-state index contributed by atoms with van der Waals surface area (Å²) in [6, 6.07) is 10.0. The normalized spacial score (nSPS) is 14.8. The molecule has 2 heterocycles. The van der Waals surface area contributed by atoms with Crippen LogP contribution in [0.15, 0.2) is 45.6 Å². The Balaban J connectivity index is 1.37. The number of hydrogen-bond donors (Lipinski definition) is 1. The minimum atomic E-state index is 0.365. The zero-order valence-corrected chi connectivity index (χ0v) is 14.1. The molecule has 6 heteroatoms. The third-order valence-electron chi connectivity index (χ3n) is 4.13. The first kappa shape index (κ1) is 15.2.